The second-order valence-corrected chi connectivity index (χ2v) is 3.91. The number of rotatable bonds is 4. The summed E-state index contributed by atoms with van der Waals surface area (Å²) >= 11 is 0. The lowest BCUT2D eigenvalue weighted by Crippen LogP contribution is -2.22. The van der Waals surface area contributed by atoms with Gasteiger partial charge >= 0.3 is 6.03 Å². The molecule has 1 heterocycles. The van der Waals surface area contributed by atoms with Gasteiger partial charge in [0.2, 0.25) is 0 Å². The van der Waals surface area contributed by atoms with Crippen molar-refractivity contribution in [3.8, 4) is 17.2 Å². The van der Waals surface area contributed by atoms with Gasteiger partial charge in [0.15, 0.2) is 0 Å². The lowest BCUT2D eigenvalue weighted by atomic mass is 10.1. The summed E-state index contributed by atoms with van der Waals surface area (Å²) in [6.45, 7) is 0. The highest BCUT2D eigenvalue weighted by atomic mass is 16.5. The van der Waals surface area contributed by atoms with Crippen molar-refractivity contribution in [3.05, 3.63) is 23.4 Å². The lowest BCUT2D eigenvalue weighted by molar-refractivity contribution is -0.115. The molecule has 0 aliphatic carbocycles. The topological polar surface area (TPSA) is 85.9 Å². The van der Waals surface area contributed by atoms with Gasteiger partial charge in [0.25, 0.3) is 5.91 Å². The summed E-state index contributed by atoms with van der Waals surface area (Å²) in [5.74, 6) is 0.973. The normalized spacial score (nSPS) is 15.8. The van der Waals surface area contributed by atoms with E-state index in [4.69, 9.17) is 14.2 Å². The van der Waals surface area contributed by atoms with E-state index in [0.29, 0.717) is 22.8 Å². The van der Waals surface area contributed by atoms with Crippen LogP contribution in [-0.4, -0.2) is 33.3 Å². The fourth-order valence-electron chi connectivity index (χ4n) is 1.80. The first-order chi connectivity index (χ1) is 9.58. The van der Waals surface area contributed by atoms with E-state index in [2.05, 4.69) is 10.6 Å². The molecule has 3 amide bonds. The summed E-state index contributed by atoms with van der Waals surface area (Å²) in [6, 6.07) is 2.75. The Morgan fingerprint density at radius 1 is 0.950 bits per heavy atom. The van der Waals surface area contributed by atoms with Gasteiger partial charge < -0.3 is 19.5 Å². The van der Waals surface area contributed by atoms with Crippen molar-refractivity contribution in [1.82, 2.24) is 10.6 Å². The number of benzene rings is 1. The first-order valence-corrected chi connectivity index (χ1v) is 5.73. The van der Waals surface area contributed by atoms with E-state index in [9.17, 15) is 9.59 Å². The van der Waals surface area contributed by atoms with Crippen LogP contribution in [0.4, 0.5) is 4.79 Å². The Morgan fingerprint density at radius 2 is 1.55 bits per heavy atom. The summed E-state index contributed by atoms with van der Waals surface area (Å²) in [6.07, 6.45) is 1.48. The van der Waals surface area contributed by atoms with Crippen LogP contribution in [0.25, 0.3) is 6.08 Å². The summed E-state index contributed by atoms with van der Waals surface area (Å²) in [4.78, 5) is 22.6. The van der Waals surface area contributed by atoms with Crippen molar-refractivity contribution >= 4 is 18.0 Å². The van der Waals surface area contributed by atoms with Crippen molar-refractivity contribution in [2.24, 2.45) is 0 Å². The molecule has 0 unspecified atom stereocenters. The highest BCUT2D eigenvalue weighted by Gasteiger charge is 2.24. The number of ether oxygens (including phenoxy) is 3. The van der Waals surface area contributed by atoms with Gasteiger partial charge in [-0.3, -0.25) is 10.1 Å². The predicted octanol–water partition coefficient (Wildman–Crippen LogP) is 0.893. The molecular formula is C13H14N2O5. The molecule has 0 spiro atoms. The lowest BCUT2D eigenvalue weighted by Gasteiger charge is -2.12. The fraction of sp³-hybridized carbons (Fsp3) is 0.231. The van der Waals surface area contributed by atoms with Gasteiger partial charge in [-0.2, -0.15) is 0 Å². The smallest absolute Gasteiger partial charge is 0.326 e. The monoisotopic (exact) mass is 278 g/mol. The number of imide groups is 1. The molecule has 7 nitrogen and oxygen atoms in total. The first-order valence-electron chi connectivity index (χ1n) is 5.73. The molecule has 0 saturated carbocycles. The molecule has 1 aliphatic rings. The van der Waals surface area contributed by atoms with E-state index < -0.39 is 11.9 Å². The molecule has 1 aromatic carbocycles. The number of hydrogen-bond acceptors (Lipinski definition) is 5. The molecule has 1 aromatic rings. The molecule has 2 N–H and O–H groups in total. The summed E-state index contributed by atoms with van der Waals surface area (Å²) in [7, 11) is 4.50. The third kappa shape index (κ3) is 2.51. The average molecular weight is 278 g/mol. The minimum absolute atomic E-state index is 0.122. The van der Waals surface area contributed by atoms with Crippen molar-refractivity contribution in [2.45, 2.75) is 0 Å². The third-order valence-electron chi connectivity index (χ3n) is 2.76. The van der Waals surface area contributed by atoms with E-state index in [1.54, 1.807) is 12.1 Å². The van der Waals surface area contributed by atoms with E-state index in [-0.39, 0.29) is 5.70 Å². The van der Waals surface area contributed by atoms with E-state index in [1.165, 1.54) is 27.4 Å². The van der Waals surface area contributed by atoms with Crippen molar-refractivity contribution in [2.75, 3.05) is 21.3 Å². The number of hydrogen-bond donors (Lipinski definition) is 2. The van der Waals surface area contributed by atoms with Crippen LogP contribution in [-0.2, 0) is 4.79 Å². The van der Waals surface area contributed by atoms with Crippen LogP contribution >= 0.6 is 0 Å². The van der Waals surface area contributed by atoms with Crippen LogP contribution in [0.5, 0.6) is 17.2 Å². The van der Waals surface area contributed by atoms with Gasteiger partial charge in [0, 0.05) is 12.1 Å². The van der Waals surface area contributed by atoms with Crippen LogP contribution in [0, 0.1) is 0 Å². The Balaban J connectivity index is 2.52. The SMILES string of the molecule is COc1cc(OC)c(/C=C2/NC(=O)NC2=O)c(OC)c1. The van der Waals surface area contributed by atoms with Crippen molar-refractivity contribution < 1.29 is 23.8 Å². The Morgan fingerprint density at radius 3 is 1.95 bits per heavy atom. The van der Waals surface area contributed by atoms with Crippen LogP contribution in [0.15, 0.2) is 17.8 Å². The van der Waals surface area contributed by atoms with Gasteiger partial charge in [-0.05, 0) is 6.08 Å². The summed E-state index contributed by atoms with van der Waals surface area (Å²) < 4.78 is 15.6. The Kier molecular flexibility index (Phi) is 3.79. The quantitative estimate of drug-likeness (QED) is 0.631. The maximum atomic E-state index is 11.5. The van der Waals surface area contributed by atoms with E-state index in [0.717, 1.165) is 0 Å². The molecule has 1 fully saturated rings. The minimum atomic E-state index is -0.562. The molecule has 0 aromatic heterocycles. The molecular weight excluding hydrogens is 264 g/mol. The van der Waals surface area contributed by atoms with Crippen LogP contribution < -0.4 is 24.8 Å². The number of amides is 3. The largest absolute Gasteiger partial charge is 0.496 e. The minimum Gasteiger partial charge on any atom is -0.496 e. The van der Waals surface area contributed by atoms with E-state index in [1.807, 2.05) is 0 Å². The molecule has 7 heteroatoms. The Hall–Kier alpha value is -2.70. The van der Waals surface area contributed by atoms with Crippen LogP contribution in [0.2, 0.25) is 0 Å². The molecule has 106 valence electrons. The van der Waals surface area contributed by atoms with Gasteiger partial charge in [-0.15, -0.1) is 0 Å². The number of urea groups is 1. The van der Waals surface area contributed by atoms with Gasteiger partial charge in [-0.1, -0.05) is 0 Å². The number of carbonyl (C=O) groups excluding carboxylic acids is 2. The zero-order chi connectivity index (χ0) is 14.7. The standard InChI is InChI=1S/C13H14N2O5/c1-18-7-4-10(19-2)8(11(5-7)20-3)6-9-12(16)15-13(17)14-9/h4-6H,1-3H3,(H2,14,15,16,17)/b9-6+. The van der Waals surface area contributed by atoms with Gasteiger partial charge in [0.1, 0.15) is 22.9 Å². The second kappa shape index (κ2) is 5.52. The molecule has 1 saturated heterocycles. The number of methoxy groups -OCH3 is 3. The zero-order valence-corrected chi connectivity index (χ0v) is 11.3. The maximum Gasteiger partial charge on any atom is 0.326 e. The molecule has 0 radical (unpaired) electrons. The number of carbonyl (C=O) groups is 2. The Bertz CT molecular complexity index is 569. The number of nitrogens with one attached hydrogen (secondary N) is 2. The summed E-state index contributed by atoms with van der Waals surface area (Å²) in [5.41, 5.74) is 0.653. The van der Waals surface area contributed by atoms with Crippen molar-refractivity contribution in [1.29, 1.82) is 0 Å². The maximum absolute atomic E-state index is 11.5. The second-order valence-electron chi connectivity index (χ2n) is 3.91. The average Bonchev–Trinajstić information content (AvgIpc) is 2.76. The highest BCUT2D eigenvalue weighted by molar-refractivity contribution is 6.14. The van der Waals surface area contributed by atoms with Crippen molar-refractivity contribution in [3.63, 3.8) is 0 Å². The molecule has 0 bridgehead atoms. The van der Waals surface area contributed by atoms with Crippen LogP contribution in [0.1, 0.15) is 5.56 Å². The zero-order valence-electron chi connectivity index (χ0n) is 11.3. The third-order valence-corrected chi connectivity index (χ3v) is 2.76. The molecule has 0 atom stereocenters. The molecule has 1 aliphatic heterocycles. The van der Waals surface area contributed by atoms with Crippen LogP contribution in [0.3, 0.4) is 0 Å². The highest BCUT2D eigenvalue weighted by Crippen LogP contribution is 2.35. The molecule has 2 rings (SSSR count). The fourth-order valence-corrected chi connectivity index (χ4v) is 1.80. The summed E-state index contributed by atoms with van der Waals surface area (Å²) in [5, 5.41) is 4.52. The molecule has 20 heavy (non-hydrogen) atoms. The Labute approximate surface area is 115 Å². The first kappa shape index (κ1) is 13.7. The van der Waals surface area contributed by atoms with Gasteiger partial charge in [0.05, 0.1) is 26.9 Å². The van der Waals surface area contributed by atoms with Gasteiger partial charge in [-0.25, -0.2) is 4.79 Å². The predicted molar refractivity (Wildman–Crippen MR) is 70.7 cm³/mol. The van der Waals surface area contributed by atoms with E-state index >= 15 is 0 Å².